The molecular weight excluding hydrogens is 358 g/mol. The van der Waals surface area contributed by atoms with Crippen LogP contribution in [0.25, 0.3) is 11.4 Å². The Morgan fingerprint density at radius 2 is 1.92 bits per heavy atom. The van der Waals surface area contributed by atoms with Gasteiger partial charge in [0.2, 0.25) is 11.1 Å². The van der Waals surface area contributed by atoms with Gasteiger partial charge in [-0.3, -0.25) is 9.89 Å². The van der Waals surface area contributed by atoms with Gasteiger partial charge in [-0.05, 0) is 36.8 Å². The highest BCUT2D eigenvalue weighted by Crippen LogP contribution is 2.24. The van der Waals surface area contributed by atoms with Gasteiger partial charge in [-0.25, -0.2) is 13.8 Å². The smallest absolute Gasteiger partial charge is 0.233 e. The van der Waals surface area contributed by atoms with Crippen molar-refractivity contribution in [3.8, 4) is 11.4 Å². The summed E-state index contributed by atoms with van der Waals surface area (Å²) in [6.07, 6.45) is 0. The summed E-state index contributed by atoms with van der Waals surface area (Å²) in [5, 5.41) is 9.39. The second-order valence-corrected chi connectivity index (χ2v) is 6.86. The third-order valence-corrected chi connectivity index (χ3v) is 4.59. The minimum absolute atomic E-state index is 0.198. The lowest BCUT2D eigenvalue weighted by Crippen LogP contribution is -2.30. The molecule has 26 heavy (non-hydrogen) atoms. The van der Waals surface area contributed by atoms with E-state index in [1.165, 1.54) is 18.2 Å². The van der Waals surface area contributed by atoms with Crippen molar-refractivity contribution in [1.82, 2.24) is 20.5 Å². The van der Waals surface area contributed by atoms with Crippen LogP contribution in [0.2, 0.25) is 0 Å². The Bertz CT molecular complexity index is 898. The van der Waals surface area contributed by atoms with Crippen LogP contribution in [0, 0.1) is 11.6 Å². The summed E-state index contributed by atoms with van der Waals surface area (Å²) < 4.78 is 26.7. The molecule has 5 nitrogen and oxygen atoms in total. The Hall–Kier alpha value is -2.74. The van der Waals surface area contributed by atoms with E-state index < -0.39 is 11.1 Å². The number of amides is 1. The molecule has 3 aromatic rings. The van der Waals surface area contributed by atoms with E-state index in [4.69, 9.17) is 0 Å². The molecule has 0 spiro atoms. The summed E-state index contributed by atoms with van der Waals surface area (Å²) in [4.78, 5) is 16.4. The lowest BCUT2D eigenvalue weighted by molar-refractivity contribution is -0.120. The van der Waals surface area contributed by atoms with E-state index in [1.54, 1.807) is 37.3 Å². The van der Waals surface area contributed by atoms with Gasteiger partial charge in [0.1, 0.15) is 11.6 Å². The number of benzene rings is 2. The van der Waals surface area contributed by atoms with Gasteiger partial charge in [-0.1, -0.05) is 36.0 Å². The molecule has 0 aliphatic rings. The zero-order valence-electron chi connectivity index (χ0n) is 13.9. The van der Waals surface area contributed by atoms with E-state index in [-0.39, 0.29) is 11.7 Å². The van der Waals surface area contributed by atoms with Crippen molar-refractivity contribution in [3.05, 3.63) is 65.7 Å². The van der Waals surface area contributed by atoms with Crippen molar-refractivity contribution in [3.63, 3.8) is 0 Å². The number of nitrogens with zero attached hydrogens (tertiary/aromatic N) is 2. The molecule has 1 aromatic heterocycles. The number of hydrogen-bond acceptors (Lipinski definition) is 4. The molecular formula is C18H16F2N4OS. The monoisotopic (exact) mass is 374 g/mol. The quantitative estimate of drug-likeness (QED) is 0.648. The number of carbonyl (C=O) groups is 1. The number of rotatable bonds is 6. The van der Waals surface area contributed by atoms with Gasteiger partial charge >= 0.3 is 0 Å². The van der Waals surface area contributed by atoms with Crippen molar-refractivity contribution >= 4 is 17.7 Å². The molecule has 0 aliphatic heterocycles. The molecule has 134 valence electrons. The third-order valence-electron chi connectivity index (χ3n) is 3.63. The number of aromatic amines is 1. The van der Waals surface area contributed by atoms with Crippen LogP contribution in [-0.4, -0.2) is 26.3 Å². The van der Waals surface area contributed by atoms with Gasteiger partial charge < -0.3 is 5.32 Å². The highest BCUT2D eigenvalue weighted by atomic mass is 32.2. The Labute approximate surface area is 153 Å². The average Bonchev–Trinajstić information content (AvgIpc) is 3.09. The molecule has 0 bridgehead atoms. The molecule has 0 radical (unpaired) electrons. The summed E-state index contributed by atoms with van der Waals surface area (Å²) in [6, 6.07) is 12.2. The van der Waals surface area contributed by atoms with Gasteiger partial charge in [0, 0.05) is 6.54 Å². The highest BCUT2D eigenvalue weighted by molar-refractivity contribution is 8.00. The van der Waals surface area contributed by atoms with Crippen molar-refractivity contribution in [2.45, 2.75) is 23.9 Å². The molecule has 0 fully saturated rings. The number of nitrogens with one attached hydrogen (secondary N) is 2. The predicted octanol–water partition coefficient (Wildman–Crippen LogP) is 3.55. The molecule has 1 unspecified atom stereocenters. The first-order valence-electron chi connectivity index (χ1n) is 7.89. The maximum absolute atomic E-state index is 13.8. The van der Waals surface area contributed by atoms with Crippen LogP contribution in [-0.2, 0) is 11.3 Å². The van der Waals surface area contributed by atoms with Crippen LogP contribution >= 0.6 is 11.8 Å². The molecule has 1 amide bonds. The molecule has 2 N–H and O–H groups in total. The normalized spacial score (nSPS) is 12.0. The predicted molar refractivity (Wildman–Crippen MR) is 95.3 cm³/mol. The van der Waals surface area contributed by atoms with Crippen LogP contribution < -0.4 is 5.32 Å². The fourth-order valence-corrected chi connectivity index (χ4v) is 2.97. The number of carbonyl (C=O) groups excluding carboxylic acids is 1. The number of halogens is 2. The van der Waals surface area contributed by atoms with Crippen LogP contribution in [0.4, 0.5) is 8.78 Å². The Morgan fingerprint density at radius 1 is 1.19 bits per heavy atom. The lowest BCUT2D eigenvalue weighted by atomic mass is 10.2. The zero-order chi connectivity index (χ0) is 18.5. The summed E-state index contributed by atoms with van der Waals surface area (Å²) in [7, 11) is 0. The van der Waals surface area contributed by atoms with Crippen molar-refractivity contribution < 1.29 is 13.6 Å². The summed E-state index contributed by atoms with van der Waals surface area (Å²) in [5.74, 6) is -0.606. The number of hydrogen-bond donors (Lipinski definition) is 2. The second-order valence-electron chi connectivity index (χ2n) is 5.55. The van der Waals surface area contributed by atoms with Crippen LogP contribution in [0.3, 0.4) is 0 Å². The standard InChI is InChI=1S/C18H16F2N4OS/c1-11(17(25)21-10-12-6-8-13(19)9-7-12)26-18-22-16(23-24-18)14-4-2-3-5-15(14)20/h2-9,11H,10H2,1H3,(H,21,25)(H,22,23,24). The largest absolute Gasteiger partial charge is 0.351 e. The van der Waals surface area contributed by atoms with Gasteiger partial charge in [0.05, 0.1) is 10.8 Å². The molecule has 1 heterocycles. The van der Waals surface area contributed by atoms with E-state index in [2.05, 4.69) is 20.5 Å². The van der Waals surface area contributed by atoms with Gasteiger partial charge in [0.25, 0.3) is 0 Å². The van der Waals surface area contributed by atoms with Gasteiger partial charge in [-0.2, -0.15) is 0 Å². The summed E-state index contributed by atoms with van der Waals surface area (Å²) in [6.45, 7) is 2.03. The first-order chi connectivity index (χ1) is 12.5. The van der Waals surface area contributed by atoms with Crippen molar-refractivity contribution in [2.75, 3.05) is 0 Å². The topological polar surface area (TPSA) is 70.7 Å². The van der Waals surface area contributed by atoms with Gasteiger partial charge in [0.15, 0.2) is 5.82 Å². The van der Waals surface area contributed by atoms with E-state index in [0.717, 1.165) is 17.3 Å². The van der Waals surface area contributed by atoms with E-state index >= 15 is 0 Å². The molecule has 8 heteroatoms. The van der Waals surface area contributed by atoms with Gasteiger partial charge in [-0.15, -0.1) is 5.10 Å². The fourth-order valence-electron chi connectivity index (χ4n) is 2.22. The fraction of sp³-hybridized carbons (Fsp3) is 0.167. The molecule has 3 rings (SSSR count). The lowest BCUT2D eigenvalue weighted by Gasteiger charge is -2.10. The zero-order valence-corrected chi connectivity index (χ0v) is 14.7. The Balaban J connectivity index is 1.57. The third kappa shape index (κ3) is 4.45. The minimum atomic E-state index is -0.445. The minimum Gasteiger partial charge on any atom is -0.351 e. The second kappa shape index (κ2) is 8.09. The number of aromatic nitrogens is 3. The molecule has 0 aliphatic carbocycles. The van der Waals surface area contributed by atoms with Crippen molar-refractivity contribution in [2.24, 2.45) is 0 Å². The first kappa shape index (κ1) is 18.1. The van der Waals surface area contributed by atoms with Crippen molar-refractivity contribution in [1.29, 1.82) is 0 Å². The number of H-pyrrole nitrogens is 1. The summed E-state index contributed by atoms with van der Waals surface area (Å²) in [5.41, 5.74) is 1.12. The Kier molecular flexibility index (Phi) is 5.62. The molecule has 0 saturated heterocycles. The number of thioether (sulfide) groups is 1. The molecule has 0 saturated carbocycles. The average molecular weight is 374 g/mol. The summed E-state index contributed by atoms with van der Waals surface area (Å²) >= 11 is 1.16. The van der Waals surface area contributed by atoms with E-state index in [9.17, 15) is 13.6 Å². The van der Waals surface area contributed by atoms with Crippen LogP contribution in [0.15, 0.2) is 53.7 Å². The highest BCUT2D eigenvalue weighted by Gasteiger charge is 2.18. The van der Waals surface area contributed by atoms with E-state index in [0.29, 0.717) is 23.1 Å². The maximum Gasteiger partial charge on any atom is 0.233 e. The molecule has 1 atom stereocenters. The van der Waals surface area contributed by atoms with E-state index in [1.807, 2.05) is 0 Å². The Morgan fingerprint density at radius 3 is 2.65 bits per heavy atom. The maximum atomic E-state index is 13.8. The van der Waals surface area contributed by atoms with Crippen LogP contribution in [0.1, 0.15) is 12.5 Å². The van der Waals surface area contributed by atoms with Crippen LogP contribution in [0.5, 0.6) is 0 Å². The SMILES string of the molecule is CC(Sc1n[nH]c(-c2ccccc2F)n1)C(=O)NCc1ccc(F)cc1. The molecule has 2 aromatic carbocycles. The first-order valence-corrected chi connectivity index (χ1v) is 8.77.